The van der Waals surface area contributed by atoms with Gasteiger partial charge < -0.3 is 21.1 Å². The van der Waals surface area contributed by atoms with Crippen LogP contribution in [0.4, 0.5) is 5.82 Å². The molecule has 200 valence electrons. The molecular formula is C30H36N4O4. The fraction of sp³-hybridized carbons (Fsp3) is 0.333. The molecule has 0 aliphatic carbocycles. The minimum Gasteiger partial charge on any atom is -0.481 e. The highest BCUT2D eigenvalue weighted by molar-refractivity contribution is 5.88. The second-order valence-electron chi connectivity index (χ2n) is 9.54. The van der Waals surface area contributed by atoms with E-state index in [9.17, 15) is 19.5 Å². The number of pyridine rings is 1. The molecule has 0 aliphatic rings. The lowest BCUT2D eigenvalue weighted by molar-refractivity contribution is -0.138. The zero-order chi connectivity index (χ0) is 27.3. The van der Waals surface area contributed by atoms with Gasteiger partial charge in [-0.05, 0) is 47.6 Å². The average molecular weight is 517 g/mol. The number of anilines is 1. The largest absolute Gasteiger partial charge is 0.481 e. The van der Waals surface area contributed by atoms with Gasteiger partial charge in [-0.15, -0.1) is 0 Å². The van der Waals surface area contributed by atoms with Gasteiger partial charge in [0.15, 0.2) is 0 Å². The number of nitrogens with zero attached hydrogens (tertiary/aromatic N) is 1. The van der Waals surface area contributed by atoms with E-state index in [0.29, 0.717) is 24.9 Å². The van der Waals surface area contributed by atoms with E-state index in [1.165, 1.54) is 0 Å². The predicted molar refractivity (Wildman–Crippen MR) is 148 cm³/mol. The number of unbranched alkanes of at least 4 members (excludes halogenated alkanes) is 1. The van der Waals surface area contributed by atoms with Crippen molar-refractivity contribution in [2.75, 3.05) is 11.9 Å². The van der Waals surface area contributed by atoms with Crippen LogP contribution in [0.2, 0.25) is 0 Å². The molecule has 8 heteroatoms. The van der Waals surface area contributed by atoms with Crippen LogP contribution in [0.5, 0.6) is 0 Å². The number of carboxylic acid groups (broad SMARTS) is 1. The Labute approximate surface area is 223 Å². The van der Waals surface area contributed by atoms with E-state index in [2.05, 4.69) is 20.9 Å². The van der Waals surface area contributed by atoms with Gasteiger partial charge in [0.1, 0.15) is 11.9 Å². The van der Waals surface area contributed by atoms with Crippen molar-refractivity contribution >= 4 is 23.6 Å². The Kier molecular flexibility index (Phi) is 10.8. The van der Waals surface area contributed by atoms with E-state index < -0.39 is 24.0 Å². The molecule has 1 unspecified atom stereocenters. The lowest BCUT2D eigenvalue weighted by atomic mass is 9.97. The van der Waals surface area contributed by atoms with E-state index in [1.807, 2.05) is 86.6 Å². The number of amides is 2. The third kappa shape index (κ3) is 9.03. The van der Waals surface area contributed by atoms with Crippen molar-refractivity contribution in [3.8, 4) is 11.1 Å². The first-order valence-corrected chi connectivity index (χ1v) is 13.0. The minimum atomic E-state index is -1.02. The molecule has 1 heterocycles. The Balaban J connectivity index is 1.55. The molecule has 0 bridgehead atoms. The second-order valence-corrected chi connectivity index (χ2v) is 9.54. The molecule has 8 nitrogen and oxygen atoms in total. The lowest BCUT2D eigenvalue weighted by Crippen LogP contribution is -2.50. The number of carbonyl (C=O) groups excluding carboxylic acids is 2. The summed E-state index contributed by atoms with van der Waals surface area (Å²) in [6, 6.07) is 21.5. The summed E-state index contributed by atoms with van der Waals surface area (Å²) in [5.41, 5.74) is 2.74. The van der Waals surface area contributed by atoms with Gasteiger partial charge in [-0.25, -0.2) is 4.98 Å². The van der Waals surface area contributed by atoms with E-state index in [1.54, 1.807) is 6.20 Å². The minimum absolute atomic E-state index is 0.171. The highest BCUT2D eigenvalue weighted by Crippen LogP contribution is 2.24. The highest BCUT2D eigenvalue weighted by Gasteiger charge is 2.27. The fourth-order valence-corrected chi connectivity index (χ4v) is 4.10. The Morgan fingerprint density at radius 3 is 2.16 bits per heavy atom. The Morgan fingerprint density at radius 2 is 1.53 bits per heavy atom. The molecule has 2 amide bonds. The molecular weight excluding hydrogens is 480 g/mol. The molecule has 0 saturated carbocycles. The molecule has 2 atom stereocenters. The summed E-state index contributed by atoms with van der Waals surface area (Å²) in [5.74, 6) is -1.01. The summed E-state index contributed by atoms with van der Waals surface area (Å²) in [5, 5.41) is 18.4. The van der Waals surface area contributed by atoms with Crippen molar-refractivity contribution < 1.29 is 19.5 Å². The topological polar surface area (TPSA) is 120 Å². The van der Waals surface area contributed by atoms with Crippen molar-refractivity contribution in [1.29, 1.82) is 0 Å². The lowest BCUT2D eigenvalue weighted by Gasteiger charge is -2.25. The maximum absolute atomic E-state index is 13.2. The number of benzene rings is 2. The van der Waals surface area contributed by atoms with Gasteiger partial charge in [-0.2, -0.15) is 0 Å². The van der Waals surface area contributed by atoms with Crippen LogP contribution in [0.25, 0.3) is 11.1 Å². The number of hydrogen-bond donors (Lipinski definition) is 4. The number of aromatic nitrogens is 1. The van der Waals surface area contributed by atoms with Gasteiger partial charge >= 0.3 is 5.97 Å². The number of aliphatic carboxylic acids is 1. The summed E-state index contributed by atoms with van der Waals surface area (Å²) in [6.45, 7) is 4.39. The number of hydrogen-bond acceptors (Lipinski definition) is 5. The Hall–Kier alpha value is -4.20. The summed E-state index contributed by atoms with van der Waals surface area (Å²) in [7, 11) is 0. The van der Waals surface area contributed by atoms with Gasteiger partial charge in [0.05, 0.1) is 12.5 Å². The number of carboxylic acids is 1. The van der Waals surface area contributed by atoms with Crippen LogP contribution in [-0.2, 0) is 14.4 Å². The van der Waals surface area contributed by atoms with Crippen molar-refractivity contribution in [3.63, 3.8) is 0 Å². The summed E-state index contributed by atoms with van der Waals surface area (Å²) >= 11 is 0. The van der Waals surface area contributed by atoms with Gasteiger partial charge in [-0.1, -0.05) is 74.5 Å². The summed E-state index contributed by atoms with van der Waals surface area (Å²) in [4.78, 5) is 41.5. The molecule has 4 N–H and O–H groups in total. The van der Waals surface area contributed by atoms with E-state index in [4.69, 9.17) is 0 Å². The third-order valence-electron chi connectivity index (χ3n) is 6.18. The van der Waals surface area contributed by atoms with Crippen molar-refractivity contribution in [2.45, 2.75) is 51.6 Å². The molecule has 2 aromatic carbocycles. The number of nitrogens with one attached hydrogen (secondary N) is 3. The van der Waals surface area contributed by atoms with Crippen LogP contribution in [0.15, 0.2) is 79.0 Å². The Morgan fingerprint density at radius 1 is 0.842 bits per heavy atom. The van der Waals surface area contributed by atoms with E-state index in [0.717, 1.165) is 23.4 Å². The quantitative estimate of drug-likeness (QED) is 0.228. The monoisotopic (exact) mass is 516 g/mol. The standard InChI is InChI=1S/C30H36N4O4/c1-21(2)29(34-27(35)13-7-9-19-32-26-12-6-8-18-31-26)30(38)33-25(20-28(36)37)24-16-14-23(15-17-24)22-10-4-3-5-11-22/h3-6,8,10-12,14-18,21,25,29H,7,9,13,19-20H2,1-2H3,(H,31,32)(H,33,38)(H,34,35)(H,36,37)/t25?,29-/m0/s1. The SMILES string of the molecule is CC(C)[C@H](NC(=O)CCCCNc1ccccn1)C(=O)NC(CC(=O)O)c1ccc(-c2ccccc2)cc1. The van der Waals surface area contributed by atoms with Crippen LogP contribution in [0.1, 0.15) is 51.1 Å². The highest BCUT2D eigenvalue weighted by atomic mass is 16.4. The average Bonchev–Trinajstić information content (AvgIpc) is 2.92. The van der Waals surface area contributed by atoms with Gasteiger partial charge in [0.25, 0.3) is 0 Å². The molecule has 0 spiro atoms. The van der Waals surface area contributed by atoms with Gasteiger partial charge in [0, 0.05) is 19.2 Å². The molecule has 3 aromatic rings. The molecule has 0 fully saturated rings. The van der Waals surface area contributed by atoms with Crippen LogP contribution < -0.4 is 16.0 Å². The third-order valence-corrected chi connectivity index (χ3v) is 6.18. The van der Waals surface area contributed by atoms with Crippen LogP contribution in [0, 0.1) is 5.92 Å². The Bertz CT molecular complexity index is 1170. The number of carbonyl (C=O) groups is 3. The van der Waals surface area contributed by atoms with Gasteiger partial charge in [0.2, 0.25) is 11.8 Å². The first-order valence-electron chi connectivity index (χ1n) is 13.0. The van der Waals surface area contributed by atoms with Crippen LogP contribution >= 0.6 is 0 Å². The first kappa shape index (κ1) is 28.4. The zero-order valence-electron chi connectivity index (χ0n) is 21.9. The molecule has 0 radical (unpaired) electrons. The van der Waals surface area contributed by atoms with Crippen molar-refractivity contribution in [2.24, 2.45) is 5.92 Å². The number of rotatable bonds is 14. The van der Waals surface area contributed by atoms with Crippen molar-refractivity contribution in [1.82, 2.24) is 15.6 Å². The van der Waals surface area contributed by atoms with Crippen molar-refractivity contribution in [3.05, 3.63) is 84.6 Å². The fourth-order valence-electron chi connectivity index (χ4n) is 4.10. The normalized spacial score (nSPS) is 12.4. The molecule has 0 aliphatic heterocycles. The zero-order valence-corrected chi connectivity index (χ0v) is 21.9. The maximum Gasteiger partial charge on any atom is 0.305 e. The molecule has 1 aromatic heterocycles. The van der Waals surface area contributed by atoms with Crippen LogP contribution in [-0.4, -0.2) is 40.5 Å². The summed E-state index contributed by atoms with van der Waals surface area (Å²) < 4.78 is 0. The molecule has 0 saturated heterocycles. The molecule has 38 heavy (non-hydrogen) atoms. The van der Waals surface area contributed by atoms with E-state index in [-0.39, 0.29) is 18.2 Å². The smallest absolute Gasteiger partial charge is 0.305 e. The van der Waals surface area contributed by atoms with E-state index >= 15 is 0 Å². The predicted octanol–water partition coefficient (Wildman–Crippen LogP) is 4.80. The molecule has 3 rings (SSSR count). The van der Waals surface area contributed by atoms with Gasteiger partial charge in [-0.3, -0.25) is 14.4 Å². The first-order chi connectivity index (χ1) is 18.3. The maximum atomic E-state index is 13.2. The van der Waals surface area contributed by atoms with Crippen LogP contribution in [0.3, 0.4) is 0 Å². The summed E-state index contributed by atoms with van der Waals surface area (Å²) in [6.07, 6.45) is 3.18. The second kappa shape index (κ2) is 14.5.